The molecule has 1 aliphatic heterocycles. The highest BCUT2D eigenvalue weighted by atomic mass is 15.1. The predicted octanol–water partition coefficient (Wildman–Crippen LogP) is 7.25. The Kier molecular flexibility index (Phi) is 4.61. The molecule has 0 fully saturated rings. The minimum absolute atomic E-state index is 0.0534. The number of fused-ring (bicyclic) bond motifs is 8. The predicted molar refractivity (Wildman–Crippen MR) is 127 cm³/mol. The van der Waals surface area contributed by atoms with Crippen molar-refractivity contribution >= 4 is 10.8 Å². The molecular formula is C29H34N+. The van der Waals surface area contributed by atoms with Gasteiger partial charge in [-0.2, -0.15) is 4.57 Å². The SMILES string of the molecule is CCCCCc1ccc2c(c1)-c1c3ccccc3cc[n+]1C1(CC)C(C)=CC21CC. The Morgan fingerprint density at radius 1 is 0.900 bits per heavy atom. The Morgan fingerprint density at radius 2 is 1.73 bits per heavy atom. The third-order valence-electron chi connectivity index (χ3n) is 8.08. The molecule has 2 aliphatic rings. The van der Waals surface area contributed by atoms with Crippen LogP contribution in [0.15, 0.2) is 66.4 Å². The summed E-state index contributed by atoms with van der Waals surface area (Å²) >= 11 is 0. The highest BCUT2D eigenvalue weighted by Gasteiger charge is 2.67. The first-order valence-electron chi connectivity index (χ1n) is 11.9. The van der Waals surface area contributed by atoms with Crippen molar-refractivity contribution < 1.29 is 4.57 Å². The number of hydrogen-bond donors (Lipinski definition) is 0. The summed E-state index contributed by atoms with van der Waals surface area (Å²) in [5, 5.41) is 2.71. The molecule has 0 radical (unpaired) electrons. The van der Waals surface area contributed by atoms with Crippen LogP contribution in [0.25, 0.3) is 22.0 Å². The molecule has 0 saturated carbocycles. The molecule has 1 nitrogen and oxygen atoms in total. The molecule has 1 aliphatic carbocycles. The molecule has 2 aromatic carbocycles. The first kappa shape index (κ1) is 19.5. The van der Waals surface area contributed by atoms with Crippen LogP contribution in [-0.4, -0.2) is 0 Å². The Balaban J connectivity index is 1.83. The van der Waals surface area contributed by atoms with Gasteiger partial charge in [0.05, 0.1) is 16.4 Å². The van der Waals surface area contributed by atoms with Gasteiger partial charge in [-0.25, -0.2) is 0 Å². The average Bonchev–Trinajstić information content (AvgIpc) is 2.77. The summed E-state index contributed by atoms with van der Waals surface area (Å²) in [6.45, 7) is 9.37. The van der Waals surface area contributed by atoms with Crippen molar-refractivity contribution in [1.29, 1.82) is 0 Å². The van der Waals surface area contributed by atoms with E-state index in [1.54, 1.807) is 0 Å². The zero-order valence-electron chi connectivity index (χ0n) is 19.0. The van der Waals surface area contributed by atoms with Gasteiger partial charge < -0.3 is 0 Å². The van der Waals surface area contributed by atoms with Crippen LogP contribution in [0, 0.1) is 0 Å². The van der Waals surface area contributed by atoms with Crippen LogP contribution < -0.4 is 4.57 Å². The standard InChI is InChI=1S/C29H34N/c1-5-8-9-12-22-15-16-26-25(19-22)27-24-14-11-10-13-23(24)17-18-30(27)29(7-3)21(4)20-28(26,29)6-2/h10-11,13-20H,5-9,12H2,1-4H3/q+1. The lowest BCUT2D eigenvalue weighted by atomic mass is 9.49. The van der Waals surface area contributed by atoms with Crippen LogP contribution in [0.3, 0.4) is 0 Å². The van der Waals surface area contributed by atoms with Crippen LogP contribution in [0.2, 0.25) is 0 Å². The molecule has 1 aromatic heterocycles. The van der Waals surface area contributed by atoms with Gasteiger partial charge in [0, 0.05) is 12.5 Å². The summed E-state index contributed by atoms with van der Waals surface area (Å²) < 4.78 is 2.65. The number of allylic oxidation sites excluding steroid dienone is 2. The third kappa shape index (κ3) is 2.32. The van der Waals surface area contributed by atoms with Gasteiger partial charge in [0.15, 0.2) is 6.20 Å². The highest BCUT2D eigenvalue weighted by molar-refractivity contribution is 5.94. The van der Waals surface area contributed by atoms with Gasteiger partial charge in [0.25, 0.3) is 0 Å². The zero-order valence-corrected chi connectivity index (χ0v) is 19.0. The Bertz CT molecular complexity index is 1150. The Morgan fingerprint density at radius 3 is 2.47 bits per heavy atom. The fourth-order valence-electron chi connectivity index (χ4n) is 6.66. The number of hydrogen-bond acceptors (Lipinski definition) is 0. The van der Waals surface area contributed by atoms with E-state index in [1.165, 1.54) is 64.4 Å². The van der Waals surface area contributed by atoms with E-state index in [0.29, 0.717) is 0 Å². The van der Waals surface area contributed by atoms with Gasteiger partial charge >= 0.3 is 0 Å². The highest BCUT2D eigenvalue weighted by Crippen LogP contribution is 2.60. The third-order valence-corrected chi connectivity index (χ3v) is 8.08. The van der Waals surface area contributed by atoms with Gasteiger partial charge in [0.2, 0.25) is 11.2 Å². The quantitative estimate of drug-likeness (QED) is 0.235. The fourth-order valence-corrected chi connectivity index (χ4v) is 6.66. The van der Waals surface area contributed by atoms with Gasteiger partial charge in [-0.1, -0.05) is 70.0 Å². The van der Waals surface area contributed by atoms with Crippen molar-refractivity contribution in [3.8, 4) is 11.3 Å². The lowest BCUT2D eigenvalue weighted by Gasteiger charge is -2.55. The molecule has 0 spiro atoms. The maximum Gasteiger partial charge on any atom is 0.221 e. The number of unbranched alkanes of at least 4 members (excludes halogenated alkanes) is 2. The van der Waals surface area contributed by atoms with Crippen LogP contribution in [-0.2, 0) is 17.4 Å². The number of aromatic nitrogens is 1. The van der Waals surface area contributed by atoms with Crippen molar-refractivity contribution in [2.75, 3.05) is 0 Å². The molecule has 0 amide bonds. The number of nitrogens with zero attached hydrogens (tertiary/aromatic N) is 1. The summed E-state index contributed by atoms with van der Waals surface area (Å²) in [5.74, 6) is 0. The van der Waals surface area contributed by atoms with E-state index in [2.05, 4.69) is 93.1 Å². The van der Waals surface area contributed by atoms with Gasteiger partial charge in [-0.15, -0.1) is 0 Å². The normalized spacial score (nSPS) is 23.9. The van der Waals surface area contributed by atoms with Gasteiger partial charge in [-0.3, -0.25) is 0 Å². The Labute approximate surface area is 181 Å². The molecule has 1 heteroatoms. The van der Waals surface area contributed by atoms with Crippen LogP contribution >= 0.6 is 0 Å². The first-order chi connectivity index (χ1) is 14.6. The molecule has 5 rings (SSSR count). The van der Waals surface area contributed by atoms with Gasteiger partial charge in [-0.05, 0) is 60.4 Å². The number of rotatable bonds is 6. The summed E-state index contributed by atoms with van der Waals surface area (Å²) in [6, 6.07) is 18.6. The molecule has 154 valence electrons. The second-order valence-corrected chi connectivity index (χ2v) is 9.32. The summed E-state index contributed by atoms with van der Waals surface area (Å²) in [7, 11) is 0. The van der Waals surface area contributed by atoms with Crippen molar-refractivity contribution in [2.45, 2.75) is 77.2 Å². The largest absolute Gasteiger partial charge is 0.221 e. The lowest BCUT2D eigenvalue weighted by Crippen LogP contribution is -2.74. The molecule has 2 heterocycles. The topological polar surface area (TPSA) is 3.88 Å². The van der Waals surface area contributed by atoms with Crippen molar-refractivity contribution in [2.24, 2.45) is 0 Å². The maximum absolute atomic E-state index is 2.65. The van der Waals surface area contributed by atoms with Gasteiger partial charge in [0.1, 0.15) is 0 Å². The summed E-state index contributed by atoms with van der Waals surface area (Å²) in [5.41, 5.74) is 7.56. The van der Waals surface area contributed by atoms with E-state index in [9.17, 15) is 0 Å². The fraction of sp³-hybridized carbons (Fsp3) is 0.414. The van der Waals surface area contributed by atoms with E-state index in [1.807, 2.05) is 0 Å². The minimum atomic E-state index is 0.0534. The van der Waals surface area contributed by atoms with E-state index >= 15 is 0 Å². The van der Waals surface area contributed by atoms with Crippen LogP contribution in [0.4, 0.5) is 0 Å². The molecular weight excluding hydrogens is 362 g/mol. The first-order valence-corrected chi connectivity index (χ1v) is 11.9. The average molecular weight is 397 g/mol. The second kappa shape index (κ2) is 7.08. The van der Waals surface area contributed by atoms with Crippen LogP contribution in [0.5, 0.6) is 0 Å². The molecule has 2 atom stereocenters. The van der Waals surface area contributed by atoms with Crippen molar-refractivity contribution in [1.82, 2.24) is 0 Å². The Hall–Kier alpha value is -2.41. The number of pyridine rings is 1. The van der Waals surface area contributed by atoms with Crippen molar-refractivity contribution in [3.05, 3.63) is 77.5 Å². The smallest absolute Gasteiger partial charge is 0.187 e. The second-order valence-electron chi connectivity index (χ2n) is 9.32. The zero-order chi connectivity index (χ0) is 20.9. The van der Waals surface area contributed by atoms with Crippen molar-refractivity contribution in [3.63, 3.8) is 0 Å². The minimum Gasteiger partial charge on any atom is -0.187 e. The number of benzene rings is 2. The molecule has 3 aromatic rings. The van der Waals surface area contributed by atoms with E-state index in [4.69, 9.17) is 0 Å². The van der Waals surface area contributed by atoms with Crippen LogP contribution in [0.1, 0.15) is 70.9 Å². The monoisotopic (exact) mass is 396 g/mol. The molecule has 30 heavy (non-hydrogen) atoms. The number of aryl methyl sites for hydroxylation is 1. The molecule has 0 saturated heterocycles. The van der Waals surface area contributed by atoms with E-state index < -0.39 is 0 Å². The molecule has 0 bridgehead atoms. The van der Waals surface area contributed by atoms with E-state index in [-0.39, 0.29) is 11.0 Å². The lowest BCUT2D eigenvalue weighted by molar-refractivity contribution is -0.761. The molecule has 2 unspecified atom stereocenters. The summed E-state index contributed by atoms with van der Waals surface area (Å²) in [4.78, 5) is 0. The molecule has 0 N–H and O–H groups in total. The maximum atomic E-state index is 2.65. The van der Waals surface area contributed by atoms with E-state index in [0.717, 1.165) is 12.8 Å². The summed E-state index contributed by atoms with van der Waals surface area (Å²) in [6.07, 6.45) is 12.2.